The minimum Gasteiger partial charge on any atom is -0.273 e. The van der Waals surface area contributed by atoms with Crippen molar-refractivity contribution in [1.82, 2.24) is 0 Å². The number of hydrazone groups is 1. The van der Waals surface area contributed by atoms with Crippen molar-refractivity contribution in [2.75, 3.05) is 10.8 Å². The number of hydrogen-bond donors (Lipinski definition) is 0. The topological polar surface area (TPSA) is 49.7 Å². The summed E-state index contributed by atoms with van der Waals surface area (Å²) >= 11 is 5.91. The highest BCUT2D eigenvalue weighted by Gasteiger charge is 2.37. The first kappa shape index (κ1) is 14.6. The van der Waals surface area contributed by atoms with E-state index in [0.717, 1.165) is 16.2 Å². The van der Waals surface area contributed by atoms with Gasteiger partial charge in [-0.2, -0.15) is 5.10 Å². The summed E-state index contributed by atoms with van der Waals surface area (Å²) in [5.41, 5.74) is 2.41. The molecule has 0 aromatic heterocycles. The fourth-order valence-corrected chi connectivity index (χ4v) is 4.58. The van der Waals surface area contributed by atoms with E-state index < -0.39 is 10.8 Å². The molecule has 2 aliphatic rings. The molecule has 2 atom stereocenters. The highest BCUT2D eigenvalue weighted by atomic mass is 35.5. The summed E-state index contributed by atoms with van der Waals surface area (Å²) in [6, 6.07) is 14.6. The second-order valence-corrected chi connectivity index (χ2v) is 7.48. The number of amides is 1. The molecule has 0 aliphatic carbocycles. The van der Waals surface area contributed by atoms with E-state index in [2.05, 4.69) is 5.10 Å². The third-order valence-electron chi connectivity index (χ3n) is 4.08. The predicted octanol–water partition coefficient (Wildman–Crippen LogP) is 3.22. The Hall–Kier alpha value is -1.98. The molecular formula is C17H13ClN2O2S. The minimum atomic E-state index is -1.08. The normalized spacial score (nSPS) is 23.1. The van der Waals surface area contributed by atoms with Crippen molar-refractivity contribution in [2.45, 2.75) is 11.3 Å². The summed E-state index contributed by atoms with van der Waals surface area (Å²) in [4.78, 5) is 13.2. The molecule has 0 saturated carbocycles. The van der Waals surface area contributed by atoms with Gasteiger partial charge in [-0.05, 0) is 30.3 Å². The zero-order valence-corrected chi connectivity index (χ0v) is 13.7. The van der Waals surface area contributed by atoms with Crippen LogP contribution in [0.15, 0.2) is 58.5 Å². The molecule has 1 amide bonds. The van der Waals surface area contributed by atoms with Crippen LogP contribution in [-0.4, -0.2) is 21.6 Å². The molecule has 4 rings (SSSR count). The first-order valence-electron chi connectivity index (χ1n) is 7.28. The first-order chi connectivity index (χ1) is 11.1. The number of carbonyl (C=O) groups is 1. The average molecular weight is 345 g/mol. The van der Waals surface area contributed by atoms with Crippen LogP contribution in [0.5, 0.6) is 0 Å². The van der Waals surface area contributed by atoms with Gasteiger partial charge in [-0.15, -0.1) is 0 Å². The van der Waals surface area contributed by atoms with Crippen LogP contribution in [0, 0.1) is 5.92 Å². The number of rotatable bonds is 1. The van der Waals surface area contributed by atoms with E-state index in [-0.39, 0.29) is 11.8 Å². The van der Waals surface area contributed by atoms with Gasteiger partial charge in [0.1, 0.15) is 0 Å². The maximum atomic E-state index is 12.4. The molecule has 0 N–H and O–H groups in total. The molecule has 116 valence electrons. The number of benzene rings is 2. The highest BCUT2D eigenvalue weighted by molar-refractivity contribution is 7.85. The Bertz CT molecular complexity index is 848. The van der Waals surface area contributed by atoms with Gasteiger partial charge >= 0.3 is 0 Å². The van der Waals surface area contributed by atoms with Gasteiger partial charge in [-0.3, -0.25) is 9.00 Å². The molecule has 0 bridgehead atoms. The predicted molar refractivity (Wildman–Crippen MR) is 91.3 cm³/mol. The van der Waals surface area contributed by atoms with Gasteiger partial charge in [0.25, 0.3) is 0 Å². The van der Waals surface area contributed by atoms with Crippen molar-refractivity contribution >= 4 is 39.7 Å². The van der Waals surface area contributed by atoms with Crippen LogP contribution in [0.3, 0.4) is 0 Å². The van der Waals surface area contributed by atoms with E-state index in [0.29, 0.717) is 22.9 Å². The number of carbonyl (C=O) groups excluding carboxylic acids is 1. The van der Waals surface area contributed by atoms with E-state index >= 15 is 0 Å². The summed E-state index contributed by atoms with van der Waals surface area (Å²) in [6.45, 7) is 0. The fourth-order valence-electron chi connectivity index (χ4n) is 2.98. The van der Waals surface area contributed by atoms with Gasteiger partial charge < -0.3 is 0 Å². The van der Waals surface area contributed by atoms with Crippen molar-refractivity contribution < 1.29 is 9.00 Å². The van der Waals surface area contributed by atoms with Gasteiger partial charge in [0.2, 0.25) is 5.91 Å². The number of nitrogens with zero attached hydrogens (tertiary/aromatic N) is 2. The lowest BCUT2D eigenvalue weighted by atomic mass is 9.93. The van der Waals surface area contributed by atoms with Crippen molar-refractivity contribution in [3.63, 3.8) is 0 Å². The van der Waals surface area contributed by atoms with Gasteiger partial charge in [0.15, 0.2) is 0 Å². The summed E-state index contributed by atoms with van der Waals surface area (Å²) in [5, 5.41) is 6.62. The molecule has 0 fully saturated rings. The minimum absolute atomic E-state index is 0.0817. The van der Waals surface area contributed by atoms with Crippen LogP contribution >= 0.6 is 11.6 Å². The Morgan fingerprint density at radius 1 is 1.13 bits per heavy atom. The molecular weight excluding hydrogens is 332 g/mol. The van der Waals surface area contributed by atoms with E-state index in [1.807, 2.05) is 24.3 Å². The maximum absolute atomic E-state index is 12.4. The zero-order chi connectivity index (χ0) is 16.0. The molecule has 4 nitrogen and oxygen atoms in total. The zero-order valence-electron chi connectivity index (χ0n) is 12.1. The number of halogens is 1. The van der Waals surface area contributed by atoms with Crippen LogP contribution in [0.4, 0.5) is 5.69 Å². The quantitative estimate of drug-likeness (QED) is 0.797. The Morgan fingerprint density at radius 3 is 2.65 bits per heavy atom. The number of hydrogen-bond acceptors (Lipinski definition) is 3. The number of anilines is 1. The lowest BCUT2D eigenvalue weighted by Crippen LogP contribution is -2.41. The van der Waals surface area contributed by atoms with Crippen LogP contribution < -0.4 is 5.01 Å². The first-order valence-corrected chi connectivity index (χ1v) is 8.98. The van der Waals surface area contributed by atoms with Gasteiger partial charge in [0.05, 0.1) is 22.2 Å². The second kappa shape index (κ2) is 5.58. The SMILES string of the molecule is O=C1CC2CS(=O)c3ccccc3C2=NN1c1ccc(Cl)cc1. The molecule has 23 heavy (non-hydrogen) atoms. The van der Waals surface area contributed by atoms with Crippen LogP contribution in [0.1, 0.15) is 12.0 Å². The summed E-state index contributed by atoms with van der Waals surface area (Å²) in [5.74, 6) is 0.287. The molecule has 2 heterocycles. The molecule has 0 spiro atoms. The second-order valence-electron chi connectivity index (χ2n) is 5.58. The Balaban J connectivity index is 1.83. The monoisotopic (exact) mass is 344 g/mol. The molecule has 2 unspecified atom stereocenters. The summed E-state index contributed by atoms with van der Waals surface area (Å²) < 4.78 is 12.4. The smallest absolute Gasteiger partial charge is 0.248 e. The van der Waals surface area contributed by atoms with E-state index in [9.17, 15) is 9.00 Å². The largest absolute Gasteiger partial charge is 0.273 e. The average Bonchev–Trinajstić information content (AvgIpc) is 2.56. The molecule has 0 radical (unpaired) electrons. The summed E-state index contributed by atoms with van der Waals surface area (Å²) in [7, 11) is -1.08. The fraction of sp³-hybridized carbons (Fsp3) is 0.176. The summed E-state index contributed by atoms with van der Waals surface area (Å²) in [6.07, 6.45) is 0.321. The Labute approximate surface area is 141 Å². The third-order valence-corrected chi connectivity index (χ3v) is 5.89. The van der Waals surface area contributed by atoms with Crippen molar-refractivity contribution in [3.8, 4) is 0 Å². The van der Waals surface area contributed by atoms with E-state index in [1.165, 1.54) is 5.01 Å². The van der Waals surface area contributed by atoms with Crippen molar-refractivity contribution in [1.29, 1.82) is 0 Å². The van der Waals surface area contributed by atoms with E-state index in [1.54, 1.807) is 24.3 Å². The van der Waals surface area contributed by atoms with Crippen molar-refractivity contribution in [2.24, 2.45) is 11.0 Å². The van der Waals surface area contributed by atoms with Crippen molar-refractivity contribution in [3.05, 3.63) is 59.1 Å². The Morgan fingerprint density at radius 2 is 1.87 bits per heavy atom. The lowest BCUT2D eigenvalue weighted by molar-refractivity contribution is -0.119. The van der Waals surface area contributed by atoms with Gasteiger partial charge in [-0.25, -0.2) is 5.01 Å². The highest BCUT2D eigenvalue weighted by Crippen LogP contribution is 2.33. The lowest BCUT2D eigenvalue weighted by Gasteiger charge is -2.32. The maximum Gasteiger partial charge on any atom is 0.248 e. The van der Waals surface area contributed by atoms with E-state index in [4.69, 9.17) is 11.6 Å². The van der Waals surface area contributed by atoms with Crippen LogP contribution in [0.2, 0.25) is 5.02 Å². The van der Waals surface area contributed by atoms with Crippen LogP contribution in [0.25, 0.3) is 0 Å². The molecule has 2 aromatic carbocycles. The molecule has 6 heteroatoms. The Kier molecular flexibility index (Phi) is 3.54. The third kappa shape index (κ3) is 2.50. The van der Waals surface area contributed by atoms with Crippen LogP contribution in [-0.2, 0) is 15.6 Å². The molecule has 0 saturated heterocycles. The van der Waals surface area contributed by atoms with Gasteiger partial charge in [-0.1, -0.05) is 29.8 Å². The van der Waals surface area contributed by atoms with Gasteiger partial charge in [0, 0.05) is 33.6 Å². The number of fused-ring (bicyclic) bond motifs is 3. The molecule has 2 aromatic rings. The standard InChI is InChI=1S/C17H13ClN2O2S/c18-12-5-7-13(8-6-12)20-16(21)9-11-10-23(22)15-4-2-1-3-14(15)17(11)19-20/h1-8,11H,9-10H2. The molecule has 2 aliphatic heterocycles.